The van der Waals surface area contributed by atoms with Crippen molar-refractivity contribution < 1.29 is 13.2 Å². The van der Waals surface area contributed by atoms with Gasteiger partial charge in [-0.25, -0.2) is 0 Å². The van der Waals surface area contributed by atoms with E-state index in [-0.39, 0.29) is 0 Å². The van der Waals surface area contributed by atoms with E-state index in [1.165, 1.54) is 18.5 Å². The van der Waals surface area contributed by atoms with Gasteiger partial charge in [-0.2, -0.15) is 18.4 Å². The van der Waals surface area contributed by atoms with Crippen molar-refractivity contribution >= 4 is 0 Å². The van der Waals surface area contributed by atoms with Crippen LogP contribution in [0, 0.1) is 11.3 Å². The van der Waals surface area contributed by atoms with Crippen molar-refractivity contribution in [3.05, 3.63) is 59.7 Å². The van der Waals surface area contributed by atoms with Crippen LogP contribution in [0.5, 0.6) is 0 Å². The highest BCUT2D eigenvalue weighted by atomic mass is 19.4. The second-order valence-corrected chi connectivity index (χ2v) is 3.82. The second-order valence-electron chi connectivity index (χ2n) is 3.82. The van der Waals surface area contributed by atoms with E-state index in [1.54, 1.807) is 12.1 Å². The zero-order chi connectivity index (χ0) is 13.9. The van der Waals surface area contributed by atoms with Gasteiger partial charge in [0.1, 0.15) is 5.69 Å². The number of hydrogen-bond donors (Lipinski definition) is 0. The summed E-state index contributed by atoms with van der Waals surface area (Å²) in [7, 11) is 0. The maximum absolute atomic E-state index is 12.4. The first-order valence-electron chi connectivity index (χ1n) is 5.35. The molecule has 0 aliphatic heterocycles. The van der Waals surface area contributed by atoms with Gasteiger partial charge in [-0.1, -0.05) is 6.07 Å². The largest absolute Gasteiger partial charge is 0.433 e. The highest BCUT2D eigenvalue weighted by Gasteiger charge is 2.32. The Bertz CT molecular complexity index is 585. The molecule has 6 heteroatoms. The first kappa shape index (κ1) is 13.0. The summed E-state index contributed by atoms with van der Waals surface area (Å²) in [5.41, 5.74) is 0.114. The van der Waals surface area contributed by atoms with Gasteiger partial charge < -0.3 is 0 Å². The van der Waals surface area contributed by atoms with Crippen LogP contribution >= 0.6 is 0 Å². The molecule has 0 aliphatic rings. The summed E-state index contributed by atoms with van der Waals surface area (Å²) in [6.45, 7) is 0. The summed E-state index contributed by atoms with van der Waals surface area (Å²) in [6.07, 6.45) is -0.344. The predicted molar refractivity (Wildman–Crippen MR) is 60.9 cm³/mol. The van der Waals surface area contributed by atoms with E-state index in [0.717, 1.165) is 12.3 Å². The van der Waals surface area contributed by atoms with E-state index in [1.807, 2.05) is 6.07 Å². The third-order valence-corrected chi connectivity index (χ3v) is 2.58. The summed E-state index contributed by atoms with van der Waals surface area (Å²) in [4.78, 5) is 7.18. The Labute approximate surface area is 107 Å². The summed E-state index contributed by atoms with van der Waals surface area (Å²) in [5.74, 6) is -0.655. The number of nitriles is 1. The molecule has 0 radical (unpaired) electrons. The Morgan fingerprint density at radius 3 is 2.21 bits per heavy atom. The fraction of sp³-hybridized carbons (Fsp3) is 0.154. The summed E-state index contributed by atoms with van der Waals surface area (Å²) < 4.78 is 37.2. The van der Waals surface area contributed by atoms with E-state index in [9.17, 15) is 13.2 Å². The van der Waals surface area contributed by atoms with Crippen LogP contribution < -0.4 is 0 Å². The smallest absolute Gasteiger partial charge is 0.265 e. The van der Waals surface area contributed by atoms with Gasteiger partial charge in [0, 0.05) is 18.6 Å². The fourth-order valence-electron chi connectivity index (χ4n) is 1.64. The van der Waals surface area contributed by atoms with E-state index >= 15 is 0 Å². The van der Waals surface area contributed by atoms with Gasteiger partial charge in [0.25, 0.3) is 0 Å². The lowest BCUT2D eigenvalue weighted by molar-refractivity contribution is -0.141. The van der Waals surface area contributed by atoms with Crippen LogP contribution in [-0.2, 0) is 6.18 Å². The molecule has 0 amide bonds. The zero-order valence-electron chi connectivity index (χ0n) is 9.59. The first-order chi connectivity index (χ1) is 9.02. The van der Waals surface area contributed by atoms with Gasteiger partial charge >= 0.3 is 6.18 Å². The molecule has 0 aromatic carbocycles. The molecule has 19 heavy (non-hydrogen) atoms. The van der Waals surface area contributed by atoms with Crippen LogP contribution in [0.1, 0.15) is 22.7 Å². The van der Waals surface area contributed by atoms with Gasteiger partial charge in [0.05, 0.1) is 12.0 Å². The normalized spacial score (nSPS) is 12.7. The standard InChI is InChI=1S/C13H8F3N3/c14-13(15,16)12-2-1-10(8-19-12)11(7-17)9-3-5-18-6-4-9/h1-6,8,11H/t11-/m0/s1. The van der Waals surface area contributed by atoms with Gasteiger partial charge in [0.15, 0.2) is 0 Å². The molecular weight excluding hydrogens is 255 g/mol. The van der Waals surface area contributed by atoms with Crippen molar-refractivity contribution in [2.24, 2.45) is 0 Å². The molecule has 0 bridgehead atoms. The first-order valence-corrected chi connectivity index (χ1v) is 5.35. The maximum Gasteiger partial charge on any atom is 0.433 e. The summed E-state index contributed by atoms with van der Waals surface area (Å²) in [6, 6.07) is 7.48. The fourth-order valence-corrected chi connectivity index (χ4v) is 1.64. The van der Waals surface area contributed by atoms with E-state index in [4.69, 9.17) is 5.26 Å². The maximum atomic E-state index is 12.4. The molecule has 2 heterocycles. The summed E-state index contributed by atoms with van der Waals surface area (Å²) >= 11 is 0. The number of halogens is 3. The minimum absolute atomic E-state index is 0.418. The number of pyridine rings is 2. The molecule has 0 spiro atoms. The lowest BCUT2D eigenvalue weighted by Gasteiger charge is -2.10. The number of hydrogen-bond acceptors (Lipinski definition) is 3. The van der Waals surface area contributed by atoms with Crippen LogP contribution in [0.4, 0.5) is 13.2 Å². The molecule has 2 aromatic heterocycles. The summed E-state index contributed by atoms with van der Waals surface area (Å²) in [5, 5.41) is 9.14. The van der Waals surface area contributed by atoms with Gasteiger partial charge in [-0.3, -0.25) is 9.97 Å². The average molecular weight is 263 g/mol. The van der Waals surface area contributed by atoms with Crippen LogP contribution in [0.2, 0.25) is 0 Å². The van der Waals surface area contributed by atoms with E-state index < -0.39 is 17.8 Å². The van der Waals surface area contributed by atoms with Crippen LogP contribution in [0.25, 0.3) is 0 Å². The van der Waals surface area contributed by atoms with Crippen LogP contribution in [0.3, 0.4) is 0 Å². The molecule has 96 valence electrons. The molecule has 0 fully saturated rings. The SMILES string of the molecule is N#C[C@@H](c1ccncc1)c1ccc(C(F)(F)F)nc1. The molecular formula is C13H8F3N3. The minimum Gasteiger partial charge on any atom is -0.265 e. The number of alkyl halides is 3. The van der Waals surface area contributed by atoms with Gasteiger partial charge in [0.2, 0.25) is 0 Å². The van der Waals surface area contributed by atoms with Crippen LogP contribution in [-0.4, -0.2) is 9.97 Å². The van der Waals surface area contributed by atoms with Crippen molar-refractivity contribution in [3.8, 4) is 6.07 Å². The molecule has 0 aliphatic carbocycles. The Hall–Kier alpha value is -2.42. The Kier molecular flexibility index (Phi) is 3.47. The van der Waals surface area contributed by atoms with E-state index in [0.29, 0.717) is 11.1 Å². The van der Waals surface area contributed by atoms with Gasteiger partial charge in [-0.15, -0.1) is 0 Å². The zero-order valence-corrected chi connectivity index (χ0v) is 9.59. The predicted octanol–water partition coefficient (Wildman–Crippen LogP) is 3.15. The number of nitrogens with zero attached hydrogens (tertiary/aromatic N) is 3. The Balaban J connectivity index is 2.34. The quantitative estimate of drug-likeness (QED) is 0.836. The van der Waals surface area contributed by atoms with E-state index in [2.05, 4.69) is 9.97 Å². The molecule has 0 saturated heterocycles. The molecule has 3 nitrogen and oxygen atoms in total. The van der Waals surface area contributed by atoms with Crippen molar-refractivity contribution in [1.29, 1.82) is 5.26 Å². The Morgan fingerprint density at radius 1 is 1.05 bits per heavy atom. The third-order valence-electron chi connectivity index (χ3n) is 2.58. The van der Waals surface area contributed by atoms with Crippen molar-refractivity contribution in [3.63, 3.8) is 0 Å². The average Bonchev–Trinajstić information content (AvgIpc) is 2.40. The number of aromatic nitrogens is 2. The molecule has 2 aromatic rings. The van der Waals surface area contributed by atoms with Crippen LogP contribution in [0.15, 0.2) is 42.9 Å². The van der Waals surface area contributed by atoms with Gasteiger partial charge in [-0.05, 0) is 29.3 Å². The third kappa shape index (κ3) is 2.88. The molecule has 2 rings (SSSR count). The topological polar surface area (TPSA) is 49.6 Å². The molecule has 0 unspecified atom stereocenters. The lowest BCUT2D eigenvalue weighted by Crippen LogP contribution is -2.08. The minimum atomic E-state index is -4.47. The van der Waals surface area contributed by atoms with Crippen molar-refractivity contribution in [1.82, 2.24) is 9.97 Å². The molecule has 1 atom stereocenters. The monoisotopic (exact) mass is 263 g/mol. The Morgan fingerprint density at radius 2 is 1.74 bits per heavy atom. The highest BCUT2D eigenvalue weighted by Crippen LogP contribution is 2.29. The van der Waals surface area contributed by atoms with Crippen molar-refractivity contribution in [2.45, 2.75) is 12.1 Å². The lowest BCUT2D eigenvalue weighted by atomic mass is 9.94. The number of rotatable bonds is 2. The van der Waals surface area contributed by atoms with Crippen molar-refractivity contribution in [2.75, 3.05) is 0 Å². The molecule has 0 N–H and O–H groups in total. The molecule has 0 saturated carbocycles. The highest BCUT2D eigenvalue weighted by molar-refractivity contribution is 5.36. The second kappa shape index (κ2) is 5.06.